The molecule has 8 nitrogen and oxygen atoms in total. The van der Waals surface area contributed by atoms with Gasteiger partial charge in [0.15, 0.2) is 0 Å². The van der Waals surface area contributed by atoms with Crippen molar-refractivity contribution in [1.29, 1.82) is 0 Å². The van der Waals surface area contributed by atoms with Gasteiger partial charge >= 0.3 is 5.97 Å². The van der Waals surface area contributed by atoms with Crippen LogP contribution in [0.15, 0.2) is 72.8 Å². The molecule has 0 aliphatic heterocycles. The fraction of sp³-hybridized carbons (Fsp3) is 0.219. The summed E-state index contributed by atoms with van der Waals surface area (Å²) in [5.41, 5.74) is 4.21. The topological polar surface area (TPSA) is 180 Å². The second-order valence-electron chi connectivity index (χ2n) is 9.25. The average molecular weight is 727 g/mol. The molecule has 8 bridgehead atoms. The molecule has 0 spiro atoms. The fourth-order valence-corrected chi connectivity index (χ4v) is 4.69. The quantitative estimate of drug-likeness (QED) is 0.189. The van der Waals surface area contributed by atoms with Gasteiger partial charge in [-0.05, 0) is 32.6 Å². The fourth-order valence-electron chi connectivity index (χ4n) is 4.69. The third-order valence-electron chi connectivity index (χ3n) is 6.58. The van der Waals surface area contributed by atoms with Gasteiger partial charge in [-0.1, -0.05) is 117 Å². The smallest absolute Gasteiger partial charge is 0.302 e. The Hall–Kier alpha value is -3.84. The number of fused-ring (bicyclic) bond motifs is 8. The van der Waals surface area contributed by atoms with E-state index in [0.717, 1.165) is 0 Å². The van der Waals surface area contributed by atoms with Gasteiger partial charge in [0, 0.05) is 28.0 Å². The Morgan fingerprint density at radius 2 is 0.780 bits per heavy atom. The first-order valence-electron chi connectivity index (χ1n) is 12.5. The molecule has 0 radical (unpaired) electrons. The first-order chi connectivity index (χ1) is 18.3. The molecular weight excluding hydrogens is 696 g/mol. The summed E-state index contributed by atoms with van der Waals surface area (Å²) in [5, 5.41) is 52.4. The molecule has 1 aliphatic rings. The SMILES string of the molecule is CCOC(C)=O.[O-2].[O-]c1c2cccc1Cc1cccc(c1[O-])Cc1cccc(c1[O-])Cc1cccc(c1[O-])C2.[OH3+].[W]. The second kappa shape index (κ2) is 15.8. The normalized spacial score (nSPS) is 11.3. The third kappa shape index (κ3) is 8.33. The van der Waals surface area contributed by atoms with Crippen molar-refractivity contribution in [3.63, 3.8) is 0 Å². The summed E-state index contributed by atoms with van der Waals surface area (Å²) < 4.78 is 4.40. The van der Waals surface area contributed by atoms with Crippen molar-refractivity contribution in [2.24, 2.45) is 0 Å². The van der Waals surface area contributed by atoms with Crippen LogP contribution < -0.4 is 20.4 Å². The zero-order chi connectivity index (χ0) is 27.2. The van der Waals surface area contributed by atoms with E-state index in [1.165, 1.54) is 6.92 Å². The van der Waals surface area contributed by atoms with Gasteiger partial charge in [-0.15, -0.1) is 23.0 Å². The van der Waals surface area contributed by atoms with Crippen LogP contribution in [0.3, 0.4) is 0 Å². The number of hydrogen-bond acceptors (Lipinski definition) is 6. The molecule has 0 unspecified atom stereocenters. The molecule has 0 amide bonds. The molecule has 9 heteroatoms. The van der Waals surface area contributed by atoms with E-state index in [4.69, 9.17) is 0 Å². The van der Waals surface area contributed by atoms with Crippen LogP contribution in [0.1, 0.15) is 58.4 Å². The molecule has 0 atom stereocenters. The molecule has 5 rings (SSSR count). The van der Waals surface area contributed by atoms with Gasteiger partial charge in [-0.2, -0.15) is 0 Å². The Morgan fingerprint density at radius 3 is 0.902 bits per heavy atom. The standard InChI is InChI=1S/C28H24O4.C4H8O2.H2O.O.W/c29-25-17-5-1-6-18(25)14-20-8-3-10-22(27(20)31)16-24-12-4-11-23(28(24)32)15-21-9-2-7-19(13-17)26(21)30;1-3-6-4(2)5;;;/h1-12,29-32H,13-16H2;3H2,1-2H3;1H2;;/q;;;-2;/p-3. The van der Waals surface area contributed by atoms with E-state index in [9.17, 15) is 25.2 Å². The van der Waals surface area contributed by atoms with Crippen molar-refractivity contribution in [3.8, 4) is 23.0 Å². The third-order valence-corrected chi connectivity index (χ3v) is 6.58. The first kappa shape index (κ1) is 35.2. The molecule has 4 aromatic carbocycles. The Balaban J connectivity index is 0.000000849. The van der Waals surface area contributed by atoms with Crippen LogP contribution in [-0.2, 0) is 67.2 Å². The molecule has 0 heterocycles. The van der Waals surface area contributed by atoms with Crippen LogP contribution >= 0.6 is 0 Å². The van der Waals surface area contributed by atoms with Crippen molar-refractivity contribution in [2.75, 3.05) is 6.61 Å². The molecule has 3 N–H and O–H groups in total. The van der Waals surface area contributed by atoms with Crippen molar-refractivity contribution >= 4 is 5.97 Å². The van der Waals surface area contributed by atoms with Crippen molar-refractivity contribution in [1.82, 2.24) is 0 Å². The summed E-state index contributed by atoms with van der Waals surface area (Å²) in [6.07, 6.45) is 0.865. The maximum atomic E-state index is 13.1. The van der Waals surface area contributed by atoms with Crippen LogP contribution in [0, 0.1) is 0 Å². The average Bonchev–Trinajstić information content (AvgIpc) is 2.88. The number of ether oxygens (including phenoxy) is 1. The van der Waals surface area contributed by atoms with Crippen LogP contribution in [0.2, 0.25) is 0 Å². The summed E-state index contributed by atoms with van der Waals surface area (Å²) >= 11 is 0. The molecule has 0 aromatic heterocycles. The Morgan fingerprint density at radius 1 is 0.585 bits per heavy atom. The maximum Gasteiger partial charge on any atom is 0.302 e. The number of carbonyl (C=O) groups excluding carboxylic acids is 1. The predicted molar refractivity (Wildman–Crippen MR) is 143 cm³/mol. The molecule has 1 aliphatic carbocycles. The zero-order valence-corrected chi connectivity index (χ0v) is 25.7. The largest absolute Gasteiger partial charge is 2.00 e. The van der Waals surface area contributed by atoms with Crippen LogP contribution in [0.25, 0.3) is 0 Å². The Bertz CT molecular complexity index is 1180. The van der Waals surface area contributed by atoms with E-state index in [-0.39, 0.29) is 86.7 Å². The maximum absolute atomic E-state index is 13.1. The minimum atomic E-state index is -0.211. The molecule has 218 valence electrons. The zero-order valence-electron chi connectivity index (χ0n) is 22.8. The number of rotatable bonds is 1. The van der Waals surface area contributed by atoms with Crippen molar-refractivity contribution in [3.05, 3.63) is 117 Å². The minimum absolute atomic E-state index is 0. The summed E-state index contributed by atoms with van der Waals surface area (Å²) in [6.45, 7) is 3.65. The van der Waals surface area contributed by atoms with Crippen LogP contribution in [-0.4, -0.2) is 12.6 Å². The number of benzene rings is 4. The van der Waals surface area contributed by atoms with Crippen molar-refractivity contribution in [2.45, 2.75) is 39.5 Å². The monoisotopic (exact) mass is 727 g/mol. The van der Waals surface area contributed by atoms with Gasteiger partial charge in [0.2, 0.25) is 0 Å². The number of carbonyl (C=O) groups is 1. The number of esters is 1. The van der Waals surface area contributed by atoms with Crippen LogP contribution in [0.4, 0.5) is 0 Å². The van der Waals surface area contributed by atoms with Crippen molar-refractivity contribution < 1.29 is 62.0 Å². The Labute approximate surface area is 253 Å². The van der Waals surface area contributed by atoms with Gasteiger partial charge in [-0.25, -0.2) is 0 Å². The summed E-state index contributed by atoms with van der Waals surface area (Å²) in [7, 11) is 0. The van der Waals surface area contributed by atoms with E-state index in [2.05, 4.69) is 4.74 Å². The minimum Gasteiger partial charge on any atom is -2.00 e. The second-order valence-corrected chi connectivity index (χ2v) is 9.25. The van der Waals surface area contributed by atoms with Gasteiger partial charge in [-0.3, -0.25) is 4.79 Å². The molecular formula is C32H31O8W-5. The number of hydrogen-bond donors (Lipinski definition) is 0. The van der Waals surface area contributed by atoms with E-state index in [1.54, 1.807) is 79.7 Å². The number of para-hydroxylation sites is 4. The van der Waals surface area contributed by atoms with Gasteiger partial charge in [0.25, 0.3) is 0 Å². The predicted octanol–water partition coefficient (Wildman–Crippen LogP) is 2.18. The summed E-state index contributed by atoms with van der Waals surface area (Å²) in [6, 6.07) is 21.0. The first-order valence-corrected chi connectivity index (χ1v) is 12.5. The van der Waals surface area contributed by atoms with E-state index < -0.39 is 0 Å². The molecule has 4 aromatic rings. The molecule has 0 saturated heterocycles. The van der Waals surface area contributed by atoms with Crippen LogP contribution in [0.5, 0.6) is 23.0 Å². The summed E-state index contributed by atoms with van der Waals surface area (Å²) in [5.74, 6) is -0.762. The molecule has 41 heavy (non-hydrogen) atoms. The molecule has 0 fully saturated rings. The Kier molecular flexibility index (Phi) is 13.6. The van der Waals surface area contributed by atoms with E-state index in [0.29, 0.717) is 51.1 Å². The van der Waals surface area contributed by atoms with Gasteiger partial charge in [0.1, 0.15) is 0 Å². The van der Waals surface area contributed by atoms with Gasteiger partial charge < -0.3 is 36.1 Å². The molecule has 0 saturated carbocycles. The summed E-state index contributed by atoms with van der Waals surface area (Å²) in [4.78, 5) is 9.82. The van der Waals surface area contributed by atoms with Gasteiger partial charge in [0.05, 0.1) is 6.61 Å². The van der Waals surface area contributed by atoms with E-state index in [1.807, 2.05) is 0 Å². The van der Waals surface area contributed by atoms with E-state index >= 15 is 0 Å².